The van der Waals surface area contributed by atoms with Crippen LogP contribution in [0.25, 0.3) is 11.0 Å². The highest BCUT2D eigenvalue weighted by atomic mass is 16.2. The number of imide groups is 1. The summed E-state index contributed by atoms with van der Waals surface area (Å²) >= 11 is 0. The van der Waals surface area contributed by atoms with E-state index in [1.165, 1.54) is 25.2 Å². The van der Waals surface area contributed by atoms with Crippen molar-refractivity contribution in [2.24, 2.45) is 0 Å². The molecule has 2 N–H and O–H groups in total. The zero-order valence-corrected chi connectivity index (χ0v) is 12.7. The SMILES string of the molecule is CN1C(=O)c2ccc(C(=O)Nc3ccc4nc[nH]c4c3)cc2C1=O. The number of carbonyl (C=O) groups is 3. The van der Waals surface area contributed by atoms with Gasteiger partial charge in [-0.05, 0) is 36.4 Å². The Bertz CT molecular complexity index is 1020. The van der Waals surface area contributed by atoms with Gasteiger partial charge in [-0.2, -0.15) is 0 Å². The molecule has 7 heteroatoms. The minimum absolute atomic E-state index is 0.249. The molecule has 0 bridgehead atoms. The van der Waals surface area contributed by atoms with Gasteiger partial charge in [0, 0.05) is 18.3 Å². The molecular weight excluding hydrogens is 308 g/mol. The number of hydrogen-bond acceptors (Lipinski definition) is 4. The van der Waals surface area contributed by atoms with Crippen molar-refractivity contribution in [1.82, 2.24) is 14.9 Å². The Morgan fingerprint density at radius 3 is 2.71 bits per heavy atom. The Morgan fingerprint density at radius 1 is 1.08 bits per heavy atom. The number of imidazole rings is 1. The van der Waals surface area contributed by atoms with Crippen molar-refractivity contribution in [3.63, 3.8) is 0 Å². The van der Waals surface area contributed by atoms with Gasteiger partial charge in [-0.1, -0.05) is 0 Å². The number of aromatic nitrogens is 2. The van der Waals surface area contributed by atoms with Gasteiger partial charge < -0.3 is 10.3 Å². The van der Waals surface area contributed by atoms with Crippen LogP contribution in [0.15, 0.2) is 42.7 Å². The van der Waals surface area contributed by atoms with Gasteiger partial charge in [0.2, 0.25) is 0 Å². The van der Waals surface area contributed by atoms with Crippen molar-refractivity contribution in [2.75, 3.05) is 12.4 Å². The Hall–Kier alpha value is -3.48. The maximum atomic E-state index is 12.4. The van der Waals surface area contributed by atoms with E-state index in [-0.39, 0.29) is 17.4 Å². The summed E-state index contributed by atoms with van der Waals surface area (Å²) in [7, 11) is 1.42. The van der Waals surface area contributed by atoms with Crippen molar-refractivity contribution in [1.29, 1.82) is 0 Å². The summed E-state index contributed by atoms with van der Waals surface area (Å²) < 4.78 is 0. The van der Waals surface area contributed by atoms with Gasteiger partial charge in [0.1, 0.15) is 0 Å². The number of amides is 3. The molecule has 0 aliphatic carbocycles. The predicted octanol–water partition coefficient (Wildman–Crippen LogP) is 2.04. The third-order valence-corrected chi connectivity index (χ3v) is 4.03. The molecule has 0 atom stereocenters. The Morgan fingerprint density at radius 2 is 1.88 bits per heavy atom. The molecule has 1 aliphatic heterocycles. The maximum Gasteiger partial charge on any atom is 0.261 e. The van der Waals surface area contributed by atoms with Crippen LogP contribution in [0, 0.1) is 0 Å². The molecule has 7 nitrogen and oxygen atoms in total. The van der Waals surface area contributed by atoms with Crippen LogP contribution in [0.1, 0.15) is 31.1 Å². The van der Waals surface area contributed by atoms with Crippen LogP contribution in [-0.4, -0.2) is 39.6 Å². The fourth-order valence-electron chi connectivity index (χ4n) is 2.72. The van der Waals surface area contributed by atoms with Crippen LogP contribution < -0.4 is 5.32 Å². The van der Waals surface area contributed by atoms with Crippen molar-refractivity contribution >= 4 is 34.4 Å². The first kappa shape index (κ1) is 14.1. The predicted molar refractivity (Wildman–Crippen MR) is 86.9 cm³/mol. The lowest BCUT2D eigenvalue weighted by atomic mass is 10.1. The second-order valence-electron chi connectivity index (χ2n) is 5.52. The topological polar surface area (TPSA) is 95.2 Å². The molecule has 1 aliphatic rings. The molecule has 4 rings (SSSR count). The molecule has 0 radical (unpaired) electrons. The minimum Gasteiger partial charge on any atom is -0.345 e. The molecule has 0 unspecified atom stereocenters. The number of nitrogens with one attached hydrogen (secondary N) is 2. The van der Waals surface area contributed by atoms with Crippen molar-refractivity contribution in [2.45, 2.75) is 0 Å². The minimum atomic E-state index is -0.400. The van der Waals surface area contributed by atoms with Gasteiger partial charge in [0.15, 0.2) is 0 Å². The third kappa shape index (κ3) is 2.06. The van der Waals surface area contributed by atoms with Crippen LogP contribution in [0.5, 0.6) is 0 Å². The van der Waals surface area contributed by atoms with Crippen molar-refractivity contribution in [3.05, 3.63) is 59.4 Å². The Labute approximate surface area is 136 Å². The van der Waals surface area contributed by atoms with Crippen LogP contribution in [-0.2, 0) is 0 Å². The summed E-state index contributed by atoms with van der Waals surface area (Å²) in [6.45, 7) is 0. The highest BCUT2D eigenvalue weighted by Crippen LogP contribution is 2.23. The lowest BCUT2D eigenvalue weighted by molar-refractivity contribution is 0.0693. The average Bonchev–Trinajstić information content (AvgIpc) is 3.14. The maximum absolute atomic E-state index is 12.4. The number of hydrogen-bond donors (Lipinski definition) is 2. The first-order valence-electron chi connectivity index (χ1n) is 7.25. The van der Waals surface area contributed by atoms with Crippen LogP contribution in [0.2, 0.25) is 0 Å². The summed E-state index contributed by atoms with van der Waals surface area (Å²) in [6.07, 6.45) is 1.58. The number of fused-ring (bicyclic) bond motifs is 2. The zero-order valence-electron chi connectivity index (χ0n) is 12.7. The Balaban J connectivity index is 1.63. The molecule has 3 amide bonds. The molecule has 2 aromatic carbocycles. The number of rotatable bonds is 2. The number of aromatic amines is 1. The quantitative estimate of drug-likeness (QED) is 0.706. The van der Waals surface area contributed by atoms with E-state index < -0.39 is 5.91 Å². The lowest BCUT2D eigenvalue weighted by Gasteiger charge is -2.06. The molecule has 24 heavy (non-hydrogen) atoms. The second kappa shape index (κ2) is 5.02. The van der Waals surface area contributed by atoms with E-state index in [0.29, 0.717) is 16.8 Å². The van der Waals surface area contributed by atoms with Crippen molar-refractivity contribution < 1.29 is 14.4 Å². The van der Waals surface area contributed by atoms with E-state index in [1.54, 1.807) is 24.5 Å². The number of nitrogens with zero attached hydrogens (tertiary/aromatic N) is 2. The van der Waals surface area contributed by atoms with Gasteiger partial charge in [-0.15, -0.1) is 0 Å². The van der Waals surface area contributed by atoms with Crippen LogP contribution >= 0.6 is 0 Å². The third-order valence-electron chi connectivity index (χ3n) is 4.03. The number of H-pyrrole nitrogens is 1. The second-order valence-corrected chi connectivity index (χ2v) is 5.52. The normalized spacial score (nSPS) is 13.5. The fourth-order valence-corrected chi connectivity index (χ4v) is 2.72. The molecule has 2 heterocycles. The van der Waals surface area contributed by atoms with Gasteiger partial charge in [0.05, 0.1) is 28.5 Å². The van der Waals surface area contributed by atoms with Gasteiger partial charge in [0.25, 0.3) is 17.7 Å². The number of carbonyl (C=O) groups excluding carboxylic acids is 3. The van der Waals surface area contributed by atoms with Gasteiger partial charge >= 0.3 is 0 Å². The fraction of sp³-hybridized carbons (Fsp3) is 0.0588. The van der Waals surface area contributed by atoms with E-state index >= 15 is 0 Å². The van der Waals surface area contributed by atoms with Crippen LogP contribution in [0.4, 0.5) is 5.69 Å². The molecule has 0 spiro atoms. The standard InChI is InChI=1S/C17H12N4O3/c1-21-16(23)11-4-2-9(6-12(11)17(21)24)15(22)20-10-3-5-13-14(7-10)19-8-18-13/h2-8H,1H3,(H,18,19)(H,20,22). The zero-order chi connectivity index (χ0) is 16.8. The molecule has 3 aromatic rings. The van der Waals surface area contributed by atoms with E-state index in [4.69, 9.17) is 0 Å². The van der Waals surface area contributed by atoms with E-state index in [9.17, 15) is 14.4 Å². The first-order valence-corrected chi connectivity index (χ1v) is 7.25. The van der Waals surface area contributed by atoms with Gasteiger partial charge in [-0.25, -0.2) is 4.98 Å². The Kier molecular flexibility index (Phi) is 2.96. The van der Waals surface area contributed by atoms with E-state index in [0.717, 1.165) is 15.9 Å². The summed E-state index contributed by atoms with van der Waals surface area (Å²) in [6, 6.07) is 9.80. The number of anilines is 1. The largest absolute Gasteiger partial charge is 0.345 e. The molecule has 118 valence electrons. The number of benzene rings is 2. The van der Waals surface area contributed by atoms with E-state index in [2.05, 4.69) is 15.3 Å². The molecule has 0 saturated carbocycles. The summed E-state index contributed by atoms with van der Waals surface area (Å²) in [5.41, 5.74) is 3.10. The highest BCUT2D eigenvalue weighted by Gasteiger charge is 2.33. The summed E-state index contributed by atoms with van der Waals surface area (Å²) in [5, 5.41) is 2.77. The molecular formula is C17H12N4O3. The highest BCUT2D eigenvalue weighted by molar-refractivity contribution is 6.22. The first-order chi connectivity index (χ1) is 11.5. The van der Waals surface area contributed by atoms with Gasteiger partial charge in [-0.3, -0.25) is 19.3 Å². The molecule has 1 aromatic heterocycles. The molecule has 0 fully saturated rings. The summed E-state index contributed by atoms with van der Waals surface area (Å²) in [4.78, 5) is 44.4. The lowest BCUT2D eigenvalue weighted by Crippen LogP contribution is -2.24. The van der Waals surface area contributed by atoms with Crippen LogP contribution in [0.3, 0.4) is 0 Å². The van der Waals surface area contributed by atoms with Crippen molar-refractivity contribution in [3.8, 4) is 0 Å². The average molecular weight is 320 g/mol. The monoisotopic (exact) mass is 320 g/mol. The van der Waals surface area contributed by atoms with E-state index in [1.807, 2.05) is 0 Å². The molecule has 0 saturated heterocycles. The summed E-state index contributed by atoms with van der Waals surface area (Å²) in [5.74, 6) is -1.11. The smallest absolute Gasteiger partial charge is 0.261 e.